The Labute approximate surface area is 144 Å². The first kappa shape index (κ1) is 16.0. The van der Waals surface area contributed by atoms with Crippen molar-refractivity contribution in [1.82, 2.24) is 0 Å². The number of aliphatic hydroxyl groups is 1. The van der Waals surface area contributed by atoms with Gasteiger partial charge in [0.1, 0.15) is 11.4 Å². The molecular weight excluding hydrogens is 300 g/mol. The number of terminal acetylenes is 1. The molecule has 0 amide bonds. The maximum atomic E-state index is 11.1. The number of phenols is 1. The molecule has 0 radical (unpaired) electrons. The molecule has 5 unspecified atom stereocenters. The third-order valence-corrected chi connectivity index (χ3v) is 7.36. The van der Waals surface area contributed by atoms with Crippen molar-refractivity contribution in [3.8, 4) is 18.1 Å². The van der Waals surface area contributed by atoms with Crippen molar-refractivity contribution in [1.29, 1.82) is 0 Å². The zero-order chi connectivity index (χ0) is 17.1. The quantitative estimate of drug-likeness (QED) is 0.779. The number of aromatic hydroxyl groups is 1. The molecule has 1 aromatic rings. The first-order chi connectivity index (χ1) is 11.4. The predicted molar refractivity (Wildman–Crippen MR) is 92.7 cm³/mol. The molecule has 0 spiro atoms. The lowest BCUT2D eigenvalue weighted by atomic mass is 9.52. The van der Waals surface area contributed by atoms with Crippen LogP contribution in [0.2, 0.25) is 0 Å². The van der Waals surface area contributed by atoms with E-state index in [9.17, 15) is 10.2 Å². The van der Waals surface area contributed by atoms with Crippen LogP contribution in [0, 0.1) is 29.6 Å². The minimum Gasteiger partial charge on any atom is -0.508 e. The van der Waals surface area contributed by atoms with Crippen molar-refractivity contribution >= 4 is 0 Å². The largest absolute Gasteiger partial charge is 0.508 e. The van der Waals surface area contributed by atoms with Crippen molar-refractivity contribution in [3.63, 3.8) is 0 Å². The van der Waals surface area contributed by atoms with E-state index in [4.69, 9.17) is 11.2 Å². The summed E-state index contributed by atoms with van der Waals surface area (Å²) in [5.74, 6) is 4.29. The Hall–Kier alpha value is -1.50. The minimum absolute atomic E-state index is 0.0535. The number of fused-ring (bicyclic) bond motifs is 5. The van der Waals surface area contributed by atoms with Gasteiger partial charge in [0.2, 0.25) is 0 Å². The number of ether oxygens (including phenoxy) is 1. The van der Waals surface area contributed by atoms with E-state index in [0.29, 0.717) is 29.9 Å². The predicted octanol–water partition coefficient (Wildman–Crippen LogP) is 3.24. The van der Waals surface area contributed by atoms with Crippen LogP contribution in [0.1, 0.15) is 49.7 Å². The van der Waals surface area contributed by atoms with Crippen molar-refractivity contribution in [2.45, 2.75) is 56.7 Å². The normalized spacial score (nSPS) is 43.4. The van der Waals surface area contributed by atoms with Crippen molar-refractivity contribution in [2.75, 3.05) is 7.11 Å². The molecule has 24 heavy (non-hydrogen) atoms. The van der Waals surface area contributed by atoms with E-state index in [1.54, 1.807) is 13.2 Å². The van der Waals surface area contributed by atoms with Crippen LogP contribution in [-0.2, 0) is 11.2 Å². The first-order valence-corrected chi connectivity index (χ1v) is 8.98. The Bertz CT molecular complexity index is 706. The molecular formula is C21H26O3. The Balaban J connectivity index is 1.80. The molecule has 3 aliphatic carbocycles. The van der Waals surface area contributed by atoms with E-state index in [1.807, 2.05) is 6.07 Å². The molecule has 6 atom stereocenters. The zero-order valence-electron chi connectivity index (χ0n) is 14.5. The number of hydrogen-bond acceptors (Lipinski definition) is 3. The van der Waals surface area contributed by atoms with Gasteiger partial charge in [-0.2, -0.15) is 0 Å². The smallest absolute Gasteiger partial charge is 0.130 e. The van der Waals surface area contributed by atoms with E-state index in [0.717, 1.165) is 25.7 Å². The molecule has 0 aliphatic heterocycles. The molecule has 0 bridgehead atoms. The van der Waals surface area contributed by atoms with Crippen LogP contribution >= 0.6 is 0 Å². The Morgan fingerprint density at radius 2 is 2.12 bits per heavy atom. The van der Waals surface area contributed by atoms with Gasteiger partial charge < -0.3 is 14.9 Å². The van der Waals surface area contributed by atoms with Crippen molar-refractivity contribution in [3.05, 3.63) is 29.3 Å². The fourth-order valence-corrected chi connectivity index (χ4v) is 6.09. The second kappa shape index (κ2) is 5.25. The molecule has 2 saturated carbocycles. The average molecular weight is 326 g/mol. The minimum atomic E-state index is -1.02. The zero-order valence-corrected chi connectivity index (χ0v) is 14.5. The lowest BCUT2D eigenvalue weighted by Crippen LogP contribution is -2.54. The Kier molecular flexibility index (Phi) is 3.50. The number of methoxy groups -OCH3 is 1. The molecule has 2 fully saturated rings. The highest BCUT2D eigenvalue weighted by molar-refractivity contribution is 5.41. The monoisotopic (exact) mass is 326 g/mol. The van der Waals surface area contributed by atoms with Crippen molar-refractivity contribution < 1.29 is 14.9 Å². The van der Waals surface area contributed by atoms with Crippen molar-refractivity contribution in [2.24, 2.45) is 17.3 Å². The molecule has 4 rings (SSSR count). The van der Waals surface area contributed by atoms with Gasteiger partial charge in [0.25, 0.3) is 0 Å². The summed E-state index contributed by atoms with van der Waals surface area (Å²) in [6.07, 6.45) is 10.3. The summed E-state index contributed by atoms with van der Waals surface area (Å²) in [7, 11) is 1.77. The summed E-state index contributed by atoms with van der Waals surface area (Å²) in [6.45, 7) is 2.17. The number of rotatable bonds is 1. The standard InChI is InChI=1S/C21H26O3/c1-4-21(23)10-9-17-16-7-5-13-11-14(22)6-8-15(13)19(16)18(24-3)12-20(17,21)2/h1,6,8,11,16-19,22-23H,5,7,9-10,12H2,2-3H3/t16?,17?,18?,19?,20?,21-/m0/s1. The van der Waals surface area contributed by atoms with Gasteiger partial charge in [0, 0.05) is 18.4 Å². The molecule has 3 aliphatic rings. The number of phenolic OH excluding ortho intramolecular Hbond substituents is 1. The van der Waals surface area contributed by atoms with Crippen LogP contribution < -0.4 is 0 Å². The molecule has 1 aromatic carbocycles. The number of aryl methyl sites for hydroxylation is 1. The van der Waals surface area contributed by atoms with Crippen LogP contribution in [0.15, 0.2) is 18.2 Å². The lowest BCUT2D eigenvalue weighted by Gasteiger charge is -2.54. The third-order valence-electron chi connectivity index (χ3n) is 7.36. The van der Waals surface area contributed by atoms with Crippen LogP contribution in [0.25, 0.3) is 0 Å². The molecule has 128 valence electrons. The third kappa shape index (κ3) is 1.93. The van der Waals surface area contributed by atoms with E-state index in [1.165, 1.54) is 11.1 Å². The number of benzene rings is 1. The lowest BCUT2D eigenvalue weighted by molar-refractivity contribution is -0.116. The maximum absolute atomic E-state index is 11.1. The summed E-state index contributed by atoms with van der Waals surface area (Å²) in [5, 5.41) is 20.9. The summed E-state index contributed by atoms with van der Waals surface area (Å²) >= 11 is 0. The van der Waals surface area contributed by atoms with Crippen LogP contribution in [-0.4, -0.2) is 29.0 Å². The van der Waals surface area contributed by atoms with Crippen LogP contribution in [0.3, 0.4) is 0 Å². The van der Waals surface area contributed by atoms with E-state index in [2.05, 4.69) is 18.9 Å². The van der Waals surface area contributed by atoms with E-state index in [-0.39, 0.29) is 11.5 Å². The van der Waals surface area contributed by atoms with E-state index >= 15 is 0 Å². The fraction of sp³-hybridized carbons (Fsp3) is 0.619. The van der Waals surface area contributed by atoms with Gasteiger partial charge in [-0.05, 0) is 67.2 Å². The molecule has 0 aromatic heterocycles. The number of hydrogen-bond donors (Lipinski definition) is 2. The van der Waals surface area contributed by atoms with Gasteiger partial charge in [-0.1, -0.05) is 18.9 Å². The van der Waals surface area contributed by atoms with Gasteiger partial charge in [-0.25, -0.2) is 0 Å². The fourth-order valence-electron chi connectivity index (χ4n) is 6.09. The Morgan fingerprint density at radius 3 is 2.83 bits per heavy atom. The van der Waals surface area contributed by atoms with Gasteiger partial charge in [-0.3, -0.25) is 0 Å². The summed E-state index contributed by atoms with van der Waals surface area (Å²) in [5.41, 5.74) is 1.26. The highest BCUT2D eigenvalue weighted by atomic mass is 16.5. The summed E-state index contributed by atoms with van der Waals surface area (Å²) in [6, 6.07) is 5.76. The highest BCUT2D eigenvalue weighted by Crippen LogP contribution is 2.64. The second-order valence-electron chi connectivity index (χ2n) is 8.16. The van der Waals surface area contributed by atoms with E-state index < -0.39 is 5.60 Å². The summed E-state index contributed by atoms with van der Waals surface area (Å²) in [4.78, 5) is 0. The van der Waals surface area contributed by atoms with Gasteiger partial charge in [-0.15, -0.1) is 6.42 Å². The molecule has 0 heterocycles. The molecule has 2 N–H and O–H groups in total. The average Bonchev–Trinajstić information content (AvgIpc) is 2.85. The summed E-state index contributed by atoms with van der Waals surface area (Å²) < 4.78 is 5.92. The van der Waals surface area contributed by atoms with Crippen LogP contribution in [0.4, 0.5) is 0 Å². The second-order valence-corrected chi connectivity index (χ2v) is 8.16. The molecule has 3 nitrogen and oxygen atoms in total. The van der Waals surface area contributed by atoms with Gasteiger partial charge in [0.15, 0.2) is 0 Å². The molecule has 0 saturated heterocycles. The maximum Gasteiger partial charge on any atom is 0.130 e. The SMILES string of the molecule is C#C[C@]1(O)CCC2C3CCc4cc(O)ccc4C3C(OC)CC21C. The van der Waals surface area contributed by atoms with Gasteiger partial charge >= 0.3 is 0 Å². The first-order valence-electron chi connectivity index (χ1n) is 8.98. The highest BCUT2D eigenvalue weighted by Gasteiger charge is 2.63. The topological polar surface area (TPSA) is 49.7 Å². The van der Waals surface area contributed by atoms with Crippen LogP contribution in [0.5, 0.6) is 5.75 Å². The molecule has 3 heteroatoms. The Morgan fingerprint density at radius 1 is 1.33 bits per heavy atom. The van der Waals surface area contributed by atoms with Gasteiger partial charge in [0.05, 0.1) is 6.10 Å².